The first kappa shape index (κ1) is 28.2. The van der Waals surface area contributed by atoms with Crippen LogP contribution in [-0.2, 0) is 24.3 Å². The number of hydrogen-bond acceptors (Lipinski definition) is 3. The molecule has 2 N–H and O–H groups in total. The van der Waals surface area contributed by atoms with Gasteiger partial charge in [-0.15, -0.1) is 24.0 Å². The van der Waals surface area contributed by atoms with Crippen LogP contribution in [0.15, 0.2) is 59.6 Å². The van der Waals surface area contributed by atoms with Crippen molar-refractivity contribution in [1.82, 2.24) is 15.5 Å². The molecule has 5 nitrogen and oxygen atoms in total. The summed E-state index contributed by atoms with van der Waals surface area (Å²) >= 11 is 0. The van der Waals surface area contributed by atoms with Crippen LogP contribution in [0.1, 0.15) is 16.7 Å². The zero-order chi connectivity index (χ0) is 22.7. The summed E-state index contributed by atoms with van der Waals surface area (Å²) in [6.45, 7) is -0.0218. The Morgan fingerprint density at radius 1 is 0.969 bits per heavy atom. The van der Waals surface area contributed by atoms with Gasteiger partial charge in [-0.1, -0.05) is 54.6 Å². The van der Waals surface area contributed by atoms with Crippen molar-refractivity contribution in [3.8, 4) is 0 Å². The zero-order valence-corrected chi connectivity index (χ0v) is 21.0. The summed E-state index contributed by atoms with van der Waals surface area (Å²) in [6.07, 6.45) is -3.38. The van der Waals surface area contributed by atoms with Gasteiger partial charge in [0.05, 0.1) is 6.61 Å². The standard InChI is InChI=1S/C23H31F3N4O.HI/c1-27-22(29-15-21(30(2)3)13-18-7-5-4-6-8-18)28-14-19-9-11-20(12-10-19)16-31-17-23(24,25)26;/h4-12,21H,13-17H2,1-3H3,(H2,27,28,29);1H. The Bertz CT molecular complexity index is 799. The largest absolute Gasteiger partial charge is 0.411 e. The third-order valence-corrected chi connectivity index (χ3v) is 4.79. The molecular formula is C23H32F3IN4O. The van der Waals surface area contributed by atoms with Gasteiger partial charge in [0.15, 0.2) is 5.96 Å². The summed E-state index contributed by atoms with van der Waals surface area (Å²) in [5.41, 5.74) is 2.98. The molecule has 0 aliphatic carbocycles. The van der Waals surface area contributed by atoms with E-state index in [-0.39, 0.29) is 30.6 Å². The second-order valence-corrected chi connectivity index (χ2v) is 7.54. The molecule has 2 aromatic carbocycles. The molecule has 0 aromatic heterocycles. The van der Waals surface area contributed by atoms with Crippen molar-refractivity contribution in [2.45, 2.75) is 31.8 Å². The molecule has 178 valence electrons. The SMILES string of the molecule is CN=C(NCc1ccc(COCC(F)(F)F)cc1)NCC(Cc1ccccc1)N(C)C.I. The number of nitrogens with one attached hydrogen (secondary N) is 2. The lowest BCUT2D eigenvalue weighted by Crippen LogP contribution is -2.45. The fourth-order valence-corrected chi connectivity index (χ4v) is 2.98. The van der Waals surface area contributed by atoms with Crippen molar-refractivity contribution < 1.29 is 17.9 Å². The minimum atomic E-state index is -4.31. The van der Waals surface area contributed by atoms with E-state index in [9.17, 15) is 13.2 Å². The lowest BCUT2D eigenvalue weighted by molar-refractivity contribution is -0.176. The highest BCUT2D eigenvalue weighted by molar-refractivity contribution is 14.0. The quantitative estimate of drug-likeness (QED) is 0.258. The summed E-state index contributed by atoms with van der Waals surface area (Å²) < 4.78 is 41.1. The molecule has 0 amide bonds. The summed E-state index contributed by atoms with van der Waals surface area (Å²) in [6, 6.07) is 17.9. The molecule has 0 aliphatic heterocycles. The smallest absolute Gasteiger partial charge is 0.367 e. The molecule has 0 saturated heterocycles. The van der Waals surface area contributed by atoms with Crippen molar-refractivity contribution in [2.24, 2.45) is 4.99 Å². The molecule has 0 heterocycles. The number of rotatable bonds is 10. The topological polar surface area (TPSA) is 48.9 Å². The minimum absolute atomic E-state index is 0. The first-order valence-corrected chi connectivity index (χ1v) is 10.1. The molecule has 0 saturated carbocycles. The van der Waals surface area contributed by atoms with Crippen molar-refractivity contribution >= 4 is 29.9 Å². The van der Waals surface area contributed by atoms with Crippen molar-refractivity contribution in [2.75, 3.05) is 34.3 Å². The maximum absolute atomic E-state index is 12.1. The molecule has 32 heavy (non-hydrogen) atoms. The number of nitrogens with zero attached hydrogens (tertiary/aromatic N) is 2. The van der Waals surface area contributed by atoms with Crippen LogP contribution in [0.25, 0.3) is 0 Å². The van der Waals surface area contributed by atoms with E-state index >= 15 is 0 Å². The van der Waals surface area contributed by atoms with Gasteiger partial charge in [0.1, 0.15) is 6.61 Å². The third kappa shape index (κ3) is 11.1. The predicted octanol–water partition coefficient (Wildman–Crippen LogP) is 4.22. The summed E-state index contributed by atoms with van der Waals surface area (Å²) in [7, 11) is 5.84. The van der Waals surface area contributed by atoms with E-state index in [0.29, 0.717) is 24.1 Å². The van der Waals surface area contributed by atoms with E-state index in [2.05, 4.69) is 51.5 Å². The molecule has 0 aliphatic rings. The van der Waals surface area contributed by atoms with Crippen LogP contribution in [0.2, 0.25) is 0 Å². The van der Waals surface area contributed by atoms with Gasteiger partial charge in [-0.3, -0.25) is 4.99 Å². The first-order valence-electron chi connectivity index (χ1n) is 10.1. The average molecular weight is 564 g/mol. The Balaban J connectivity index is 0.00000512. The summed E-state index contributed by atoms with van der Waals surface area (Å²) in [5, 5.41) is 6.63. The van der Waals surface area contributed by atoms with Crippen molar-refractivity contribution in [3.63, 3.8) is 0 Å². The summed E-state index contributed by atoms with van der Waals surface area (Å²) in [5.74, 6) is 0.692. The fourth-order valence-electron chi connectivity index (χ4n) is 2.98. The maximum Gasteiger partial charge on any atom is 0.411 e. The molecule has 1 atom stereocenters. The fraction of sp³-hybridized carbons (Fsp3) is 0.435. The maximum atomic E-state index is 12.1. The number of hydrogen-bond donors (Lipinski definition) is 2. The number of halogens is 4. The van der Waals surface area contributed by atoms with E-state index in [1.54, 1.807) is 19.2 Å². The van der Waals surface area contributed by atoms with Crippen LogP contribution in [0.5, 0.6) is 0 Å². The van der Waals surface area contributed by atoms with E-state index < -0.39 is 12.8 Å². The van der Waals surface area contributed by atoms with Gasteiger partial charge in [0.2, 0.25) is 0 Å². The Morgan fingerprint density at radius 3 is 2.16 bits per heavy atom. The monoisotopic (exact) mass is 564 g/mol. The second kappa shape index (κ2) is 14.3. The molecule has 2 aromatic rings. The van der Waals surface area contributed by atoms with Gasteiger partial charge in [0.25, 0.3) is 0 Å². The van der Waals surface area contributed by atoms with Crippen LogP contribution in [0.4, 0.5) is 13.2 Å². The first-order chi connectivity index (χ1) is 14.8. The highest BCUT2D eigenvalue weighted by Gasteiger charge is 2.27. The molecular weight excluding hydrogens is 532 g/mol. The average Bonchev–Trinajstić information content (AvgIpc) is 2.73. The number of aliphatic imine (C=N–C) groups is 1. The Kier molecular flexibility index (Phi) is 12.6. The van der Waals surface area contributed by atoms with E-state index in [4.69, 9.17) is 0 Å². The van der Waals surface area contributed by atoms with Crippen LogP contribution < -0.4 is 10.6 Å². The molecule has 0 bridgehead atoms. The Morgan fingerprint density at radius 2 is 1.59 bits per heavy atom. The zero-order valence-electron chi connectivity index (χ0n) is 18.7. The molecule has 9 heteroatoms. The van der Waals surface area contributed by atoms with Gasteiger partial charge in [-0.2, -0.15) is 13.2 Å². The number of alkyl halides is 3. The lowest BCUT2D eigenvalue weighted by Gasteiger charge is -2.25. The summed E-state index contributed by atoms with van der Waals surface area (Å²) in [4.78, 5) is 6.46. The van der Waals surface area contributed by atoms with Crippen LogP contribution in [-0.4, -0.2) is 57.4 Å². The number of guanidine groups is 1. The molecule has 0 spiro atoms. The number of ether oxygens (including phenoxy) is 1. The van der Waals surface area contributed by atoms with Crippen LogP contribution >= 0.6 is 24.0 Å². The van der Waals surface area contributed by atoms with E-state index in [1.165, 1.54) is 5.56 Å². The van der Waals surface area contributed by atoms with Gasteiger partial charge >= 0.3 is 6.18 Å². The van der Waals surface area contributed by atoms with Gasteiger partial charge in [-0.25, -0.2) is 0 Å². The number of benzene rings is 2. The van der Waals surface area contributed by atoms with Gasteiger partial charge < -0.3 is 20.3 Å². The normalized spacial score (nSPS) is 12.9. The van der Waals surface area contributed by atoms with Crippen molar-refractivity contribution in [3.05, 3.63) is 71.3 Å². The molecule has 0 radical (unpaired) electrons. The minimum Gasteiger partial charge on any atom is -0.367 e. The Labute approximate surface area is 205 Å². The van der Waals surface area contributed by atoms with Crippen LogP contribution in [0.3, 0.4) is 0 Å². The van der Waals surface area contributed by atoms with E-state index in [1.807, 2.05) is 30.3 Å². The second-order valence-electron chi connectivity index (χ2n) is 7.54. The predicted molar refractivity (Wildman–Crippen MR) is 133 cm³/mol. The number of likely N-dealkylation sites (N-methyl/N-ethyl adjacent to an activating group) is 1. The van der Waals surface area contributed by atoms with Gasteiger partial charge in [-0.05, 0) is 37.2 Å². The highest BCUT2D eigenvalue weighted by atomic mass is 127. The van der Waals surface area contributed by atoms with Crippen molar-refractivity contribution in [1.29, 1.82) is 0 Å². The molecule has 2 rings (SSSR count). The lowest BCUT2D eigenvalue weighted by atomic mass is 10.1. The van der Waals surface area contributed by atoms with Gasteiger partial charge in [0, 0.05) is 26.2 Å². The highest BCUT2D eigenvalue weighted by Crippen LogP contribution is 2.16. The van der Waals surface area contributed by atoms with E-state index in [0.717, 1.165) is 18.5 Å². The Hall–Kier alpha value is -1.85. The third-order valence-electron chi connectivity index (χ3n) is 4.79. The molecule has 0 fully saturated rings. The molecule has 1 unspecified atom stereocenters. The van der Waals surface area contributed by atoms with Crippen LogP contribution in [0, 0.1) is 0 Å².